The number of carbonyl (C=O) groups is 2. The monoisotopic (exact) mass is 1070 g/mol. The first-order valence-electron chi connectivity index (χ1n) is 27.0. The van der Waals surface area contributed by atoms with Gasteiger partial charge in [-0.15, -0.1) is 0 Å². The largest absolute Gasteiger partial charge is 0.467 e. The van der Waals surface area contributed by atoms with Crippen LogP contribution in [0, 0.1) is 50.2 Å². The molecule has 26 atom stereocenters. The molecular weight excluding hydrogens is 989 g/mol. The number of carbonyl (C=O) groups excluding carboxylic acids is 2. The zero-order chi connectivity index (χ0) is 54.7. The van der Waals surface area contributed by atoms with Crippen molar-refractivity contribution in [1.29, 1.82) is 0 Å². The molecule has 4 saturated carbocycles. The smallest absolute Gasteiger partial charge is 0.337 e. The summed E-state index contributed by atoms with van der Waals surface area (Å²) in [6.45, 7) is 14.3. The van der Waals surface area contributed by atoms with E-state index >= 15 is 0 Å². The summed E-state index contributed by atoms with van der Waals surface area (Å²) in [6, 6.07) is 0. The lowest BCUT2D eigenvalue weighted by Crippen LogP contribution is -2.68. The Morgan fingerprint density at radius 1 is 0.627 bits per heavy atom. The highest BCUT2D eigenvalue weighted by Crippen LogP contribution is 2.76. The third-order valence-electron chi connectivity index (χ3n) is 20.8. The molecular formula is C53H84O22. The minimum Gasteiger partial charge on any atom is -0.467 e. The second kappa shape index (κ2) is 20.8. The topological polar surface area (TPSA) is 340 Å². The lowest BCUT2D eigenvalue weighted by atomic mass is 9.33. The predicted molar refractivity (Wildman–Crippen MR) is 256 cm³/mol. The molecule has 4 saturated heterocycles. The highest BCUT2D eigenvalue weighted by molar-refractivity contribution is 5.79. The first-order valence-corrected chi connectivity index (χ1v) is 27.0. The van der Waals surface area contributed by atoms with Gasteiger partial charge in [-0.2, -0.15) is 0 Å². The van der Waals surface area contributed by atoms with Crippen molar-refractivity contribution in [3.63, 3.8) is 0 Å². The molecule has 0 amide bonds. The molecule has 9 aliphatic rings. The molecule has 22 nitrogen and oxygen atoms in total. The maximum atomic E-state index is 14.8. The number of methoxy groups -OCH3 is 1. The number of rotatable bonds is 10. The maximum absolute atomic E-state index is 14.8. The van der Waals surface area contributed by atoms with Crippen molar-refractivity contribution >= 4 is 11.9 Å². The number of fused-ring (bicyclic) bond motifs is 7. The Morgan fingerprint density at radius 3 is 1.84 bits per heavy atom. The summed E-state index contributed by atoms with van der Waals surface area (Å²) in [6.07, 6.45) is -21.0. The number of aliphatic hydroxyl groups excluding tert-OH is 11. The van der Waals surface area contributed by atoms with Gasteiger partial charge in [0.1, 0.15) is 79.4 Å². The zero-order valence-electron chi connectivity index (χ0n) is 44.4. The summed E-state index contributed by atoms with van der Waals surface area (Å²) >= 11 is 0. The lowest BCUT2D eigenvalue weighted by molar-refractivity contribution is -0.387. The average molecular weight is 1070 g/mol. The van der Waals surface area contributed by atoms with Crippen molar-refractivity contribution < 1.29 is 108 Å². The van der Waals surface area contributed by atoms with Gasteiger partial charge in [-0.1, -0.05) is 60.1 Å². The molecule has 0 aromatic carbocycles. The number of aliphatic hydroxyl groups is 11. The summed E-state index contributed by atoms with van der Waals surface area (Å²) in [7, 11) is 1.10. The van der Waals surface area contributed by atoms with E-state index in [1.165, 1.54) is 5.57 Å². The molecule has 9 rings (SSSR count). The fourth-order valence-corrected chi connectivity index (χ4v) is 16.0. The summed E-state index contributed by atoms with van der Waals surface area (Å²) < 4.78 is 53.6. The molecule has 0 bridgehead atoms. The molecule has 75 heavy (non-hydrogen) atoms. The first kappa shape index (κ1) is 57.6. The van der Waals surface area contributed by atoms with Gasteiger partial charge in [-0.05, 0) is 109 Å². The molecule has 11 N–H and O–H groups in total. The summed E-state index contributed by atoms with van der Waals surface area (Å²) in [5.41, 5.74) is -1.20. The van der Waals surface area contributed by atoms with Gasteiger partial charge < -0.3 is 98.8 Å². The highest BCUT2D eigenvalue weighted by atomic mass is 16.8. The molecule has 0 aromatic heterocycles. The van der Waals surface area contributed by atoms with Crippen LogP contribution in [0.25, 0.3) is 0 Å². The van der Waals surface area contributed by atoms with Crippen LogP contribution in [0.2, 0.25) is 0 Å². The molecule has 428 valence electrons. The molecule has 0 radical (unpaired) electrons. The Bertz CT molecular complexity index is 2110. The van der Waals surface area contributed by atoms with Gasteiger partial charge in [0.25, 0.3) is 0 Å². The van der Waals surface area contributed by atoms with Gasteiger partial charge in [0.15, 0.2) is 25.0 Å². The zero-order valence-corrected chi connectivity index (χ0v) is 44.4. The van der Waals surface area contributed by atoms with E-state index in [1.54, 1.807) is 0 Å². The summed E-state index contributed by atoms with van der Waals surface area (Å²) in [4.78, 5) is 28.2. The molecule has 0 aromatic rings. The van der Waals surface area contributed by atoms with E-state index in [9.17, 15) is 65.8 Å². The van der Waals surface area contributed by atoms with Crippen molar-refractivity contribution in [3.8, 4) is 0 Å². The standard InChI is InChI=1S/C53H84O22/c1-48(2)15-17-53(47(66)75-45-37(63)34(60)33(59)27(20-54)70-45)18-16-51(6)23(24(53)19-48)9-10-29-50(5)13-12-30(49(3,4)28(50)11-14-52(29,51)7)71-46-41(74-44-36(62)32(58)26(56)22-69-44)39(38(64)40(73-46)42(65)67-8)72-43-35(61)31(57)25(55)21-68-43/h9,24-41,43-46,54-64H,10-22H2,1-8H3/t24-,25-,26+,27+,28-,29+,30-,31-,32-,33+,34-,35+,36+,37+,38-,39-,40-,41+,43-,44-,45-,46+,50-,51+,52+,53-/m0/s1. The van der Waals surface area contributed by atoms with E-state index in [2.05, 4.69) is 54.5 Å². The van der Waals surface area contributed by atoms with Gasteiger partial charge in [-0.3, -0.25) is 4.79 Å². The number of ether oxygens (including phenoxy) is 9. The van der Waals surface area contributed by atoms with Crippen molar-refractivity contribution in [1.82, 2.24) is 0 Å². The maximum Gasteiger partial charge on any atom is 0.337 e. The fourth-order valence-electron chi connectivity index (χ4n) is 16.0. The first-order chi connectivity index (χ1) is 35.1. The van der Waals surface area contributed by atoms with Crippen molar-refractivity contribution in [2.75, 3.05) is 26.9 Å². The molecule has 4 heterocycles. The fraction of sp³-hybridized carbons (Fsp3) is 0.925. The number of hydrogen-bond donors (Lipinski definition) is 11. The molecule has 4 aliphatic heterocycles. The number of allylic oxidation sites excluding steroid dienone is 2. The van der Waals surface area contributed by atoms with Gasteiger partial charge in [0, 0.05) is 0 Å². The van der Waals surface area contributed by atoms with Crippen LogP contribution in [-0.2, 0) is 52.2 Å². The Balaban J connectivity index is 0.997. The van der Waals surface area contributed by atoms with Gasteiger partial charge in [0.2, 0.25) is 6.29 Å². The van der Waals surface area contributed by atoms with Crippen LogP contribution in [0.4, 0.5) is 0 Å². The van der Waals surface area contributed by atoms with Crippen LogP contribution in [0.1, 0.15) is 113 Å². The van der Waals surface area contributed by atoms with Crippen LogP contribution in [0.15, 0.2) is 11.6 Å². The van der Waals surface area contributed by atoms with Crippen LogP contribution in [-0.4, -0.2) is 212 Å². The van der Waals surface area contributed by atoms with E-state index < -0.39 is 159 Å². The Morgan fingerprint density at radius 2 is 1.23 bits per heavy atom. The van der Waals surface area contributed by atoms with E-state index in [-0.39, 0.29) is 39.4 Å². The van der Waals surface area contributed by atoms with Crippen molar-refractivity contribution in [2.45, 2.75) is 229 Å². The molecule has 8 fully saturated rings. The van der Waals surface area contributed by atoms with Crippen molar-refractivity contribution in [2.24, 2.45) is 50.2 Å². The highest BCUT2D eigenvalue weighted by Gasteiger charge is 2.70. The second-order valence-corrected chi connectivity index (χ2v) is 25.6. The van der Waals surface area contributed by atoms with Crippen molar-refractivity contribution in [3.05, 3.63) is 11.6 Å². The van der Waals surface area contributed by atoms with Crippen LogP contribution in [0.5, 0.6) is 0 Å². The average Bonchev–Trinajstić information content (AvgIpc) is 3.36. The molecule has 22 heteroatoms. The normalized spacial score (nSPS) is 52.4. The lowest BCUT2D eigenvalue weighted by Gasteiger charge is -2.71. The van der Waals surface area contributed by atoms with Crippen LogP contribution >= 0.6 is 0 Å². The molecule has 5 aliphatic carbocycles. The third-order valence-corrected chi connectivity index (χ3v) is 20.8. The quantitative estimate of drug-likeness (QED) is 0.0741. The number of esters is 2. The van der Waals surface area contributed by atoms with Gasteiger partial charge >= 0.3 is 11.9 Å². The van der Waals surface area contributed by atoms with Crippen LogP contribution in [0.3, 0.4) is 0 Å². The number of hydrogen-bond acceptors (Lipinski definition) is 22. The van der Waals surface area contributed by atoms with E-state index in [0.717, 1.165) is 39.2 Å². The SMILES string of the molecule is COC(=O)[C@H]1O[C@@H](O[C@H]2CC[C@]3(C)[C@H]4CC=C5[C@@H]6CC(C)(C)CC[C@]6(C(=O)O[C@@H]6O[C@H](CO)[C@@H](O)[C@H](O)[C@H]6O)CC[C@@]5(C)[C@]4(C)CC[C@H]3C2(C)C)[C@H](O[C@@H]2OC[C@@H](O)[C@H](O)[C@H]2O)[C@@H](O[C@@H]2OC[C@H](O)[C@H](O)[C@H]2O)[C@@H]1O. The molecule has 0 spiro atoms. The summed E-state index contributed by atoms with van der Waals surface area (Å²) in [5.74, 6) is -1.47. The van der Waals surface area contributed by atoms with Gasteiger partial charge in [-0.25, -0.2) is 4.79 Å². The second-order valence-electron chi connectivity index (χ2n) is 25.6. The molecule has 0 unspecified atom stereocenters. The van der Waals surface area contributed by atoms with E-state index in [4.69, 9.17) is 42.6 Å². The minimum atomic E-state index is -1.90. The summed E-state index contributed by atoms with van der Waals surface area (Å²) in [5, 5.41) is 117. The van der Waals surface area contributed by atoms with Crippen LogP contribution < -0.4 is 0 Å². The Labute approximate surface area is 437 Å². The third kappa shape index (κ3) is 9.46. The minimum absolute atomic E-state index is 0.0565. The van der Waals surface area contributed by atoms with Gasteiger partial charge in [0.05, 0.1) is 38.4 Å². The van der Waals surface area contributed by atoms with E-state index in [1.807, 2.05) is 0 Å². The predicted octanol–water partition coefficient (Wildman–Crippen LogP) is -0.576. The van der Waals surface area contributed by atoms with E-state index in [0.29, 0.717) is 32.1 Å². The Kier molecular flexibility index (Phi) is 16.0. The Hall–Kier alpha value is -2.04.